The van der Waals surface area contributed by atoms with E-state index in [4.69, 9.17) is 0 Å². The van der Waals surface area contributed by atoms with Gasteiger partial charge in [-0.05, 0) is 30.5 Å². The molecule has 1 aromatic rings. The van der Waals surface area contributed by atoms with Gasteiger partial charge in [-0.3, -0.25) is 0 Å². The van der Waals surface area contributed by atoms with E-state index in [0.29, 0.717) is 12.8 Å². The topological polar surface area (TPSA) is 20.2 Å². The highest BCUT2D eigenvalue weighted by Crippen LogP contribution is 2.26. The van der Waals surface area contributed by atoms with Crippen LogP contribution in [-0.4, -0.2) is 11.2 Å². The molecule has 0 saturated heterocycles. The summed E-state index contributed by atoms with van der Waals surface area (Å²) < 4.78 is 12.8. The van der Waals surface area contributed by atoms with Gasteiger partial charge in [-0.1, -0.05) is 24.3 Å². The summed E-state index contributed by atoms with van der Waals surface area (Å²) in [5.74, 6) is -0.310. The highest BCUT2D eigenvalue weighted by molar-refractivity contribution is 5.22. The number of benzene rings is 1. The first-order valence-electron chi connectivity index (χ1n) is 5.34. The van der Waals surface area contributed by atoms with E-state index >= 15 is 0 Å². The highest BCUT2D eigenvalue weighted by atomic mass is 19.1. The molecule has 0 amide bonds. The molecule has 1 rings (SSSR count). The van der Waals surface area contributed by atoms with Crippen LogP contribution in [-0.2, 0) is 0 Å². The average molecular weight is 220 g/mol. The molecule has 2 heteroatoms. The molecule has 1 aromatic carbocycles. The van der Waals surface area contributed by atoms with Gasteiger partial charge in [0.15, 0.2) is 0 Å². The van der Waals surface area contributed by atoms with Gasteiger partial charge in [0.1, 0.15) is 5.82 Å². The van der Waals surface area contributed by atoms with Crippen LogP contribution < -0.4 is 0 Å². The van der Waals surface area contributed by atoms with Gasteiger partial charge in [0.05, 0.1) is 6.10 Å². The van der Waals surface area contributed by atoms with Crippen LogP contribution in [0.2, 0.25) is 0 Å². The van der Waals surface area contributed by atoms with E-state index in [-0.39, 0.29) is 11.7 Å². The Morgan fingerprint density at radius 1 is 1.12 bits per heavy atom. The van der Waals surface area contributed by atoms with E-state index in [2.05, 4.69) is 13.2 Å². The van der Waals surface area contributed by atoms with Crippen molar-refractivity contribution in [2.75, 3.05) is 0 Å². The van der Waals surface area contributed by atoms with Crippen molar-refractivity contribution in [2.45, 2.75) is 24.9 Å². The molecule has 1 N–H and O–H groups in total. The Labute approximate surface area is 95.9 Å². The van der Waals surface area contributed by atoms with Gasteiger partial charge in [0.2, 0.25) is 0 Å². The summed E-state index contributed by atoms with van der Waals surface area (Å²) in [5.41, 5.74) is 0.927. The minimum Gasteiger partial charge on any atom is -0.392 e. The molecule has 16 heavy (non-hydrogen) atoms. The zero-order valence-electron chi connectivity index (χ0n) is 9.27. The van der Waals surface area contributed by atoms with Crippen molar-refractivity contribution >= 4 is 0 Å². The first-order chi connectivity index (χ1) is 7.69. The third-order valence-corrected chi connectivity index (χ3v) is 2.59. The van der Waals surface area contributed by atoms with Gasteiger partial charge in [-0.2, -0.15) is 0 Å². The number of aliphatic hydroxyl groups excluding tert-OH is 1. The van der Waals surface area contributed by atoms with Crippen molar-refractivity contribution in [3.63, 3.8) is 0 Å². The molecular formula is C14H17FO. The van der Waals surface area contributed by atoms with Crippen LogP contribution in [0.25, 0.3) is 0 Å². The van der Waals surface area contributed by atoms with Gasteiger partial charge in [0, 0.05) is 5.92 Å². The van der Waals surface area contributed by atoms with E-state index < -0.39 is 6.10 Å². The fraction of sp³-hybridized carbons (Fsp3) is 0.286. The monoisotopic (exact) mass is 220 g/mol. The fourth-order valence-corrected chi connectivity index (χ4v) is 1.74. The van der Waals surface area contributed by atoms with Crippen LogP contribution in [0.5, 0.6) is 0 Å². The van der Waals surface area contributed by atoms with E-state index in [0.717, 1.165) is 5.56 Å². The first kappa shape index (κ1) is 12.7. The molecule has 0 spiro atoms. The van der Waals surface area contributed by atoms with E-state index in [9.17, 15) is 9.50 Å². The molecule has 2 unspecified atom stereocenters. The molecule has 86 valence electrons. The summed E-state index contributed by atoms with van der Waals surface area (Å²) >= 11 is 0. The summed E-state index contributed by atoms with van der Waals surface area (Å²) in [6, 6.07) is 6.23. The molecule has 2 atom stereocenters. The van der Waals surface area contributed by atoms with Gasteiger partial charge < -0.3 is 5.11 Å². The highest BCUT2D eigenvalue weighted by Gasteiger charge is 2.18. The second-order valence-electron chi connectivity index (χ2n) is 3.77. The van der Waals surface area contributed by atoms with Crippen LogP contribution in [0.15, 0.2) is 49.6 Å². The number of halogens is 1. The predicted octanol–water partition coefficient (Wildman–Crippen LogP) is 3.42. The summed E-state index contributed by atoms with van der Waals surface area (Å²) in [6.45, 7) is 7.28. The quantitative estimate of drug-likeness (QED) is 0.728. The molecule has 0 radical (unpaired) electrons. The maximum absolute atomic E-state index is 12.8. The Bertz CT molecular complexity index is 342. The van der Waals surface area contributed by atoms with Crippen molar-refractivity contribution in [3.05, 3.63) is 61.0 Å². The standard InChI is InChI=1S/C14H17FO/c1-3-5-13(14(16)6-4-2)11-7-9-12(15)10-8-11/h3-4,7-10,13-14,16H,1-2,5-6H2. The van der Waals surface area contributed by atoms with Gasteiger partial charge in [-0.15, -0.1) is 13.2 Å². The average Bonchev–Trinajstić information content (AvgIpc) is 2.28. The van der Waals surface area contributed by atoms with Crippen molar-refractivity contribution < 1.29 is 9.50 Å². The van der Waals surface area contributed by atoms with E-state index in [1.165, 1.54) is 12.1 Å². The van der Waals surface area contributed by atoms with Crippen molar-refractivity contribution in [1.29, 1.82) is 0 Å². The number of allylic oxidation sites excluding steroid dienone is 1. The van der Waals surface area contributed by atoms with Crippen LogP contribution >= 0.6 is 0 Å². The zero-order valence-corrected chi connectivity index (χ0v) is 9.27. The SMILES string of the molecule is C=CCC(O)C(CC=C)c1ccc(F)cc1. The lowest BCUT2D eigenvalue weighted by Gasteiger charge is -2.21. The fourth-order valence-electron chi connectivity index (χ4n) is 1.74. The lowest BCUT2D eigenvalue weighted by Crippen LogP contribution is -2.17. The van der Waals surface area contributed by atoms with Crippen LogP contribution in [0, 0.1) is 5.82 Å². The largest absolute Gasteiger partial charge is 0.392 e. The lowest BCUT2D eigenvalue weighted by atomic mass is 9.89. The van der Waals surface area contributed by atoms with Crippen molar-refractivity contribution in [3.8, 4) is 0 Å². The molecule has 0 aliphatic rings. The third-order valence-electron chi connectivity index (χ3n) is 2.59. The Balaban J connectivity index is 2.87. The molecule has 0 aliphatic heterocycles. The Morgan fingerprint density at radius 3 is 2.19 bits per heavy atom. The van der Waals surface area contributed by atoms with Gasteiger partial charge in [0.25, 0.3) is 0 Å². The Hall–Kier alpha value is -1.41. The summed E-state index contributed by atoms with van der Waals surface area (Å²) in [5, 5.41) is 9.95. The first-order valence-corrected chi connectivity index (χ1v) is 5.34. The lowest BCUT2D eigenvalue weighted by molar-refractivity contribution is 0.146. The second kappa shape index (κ2) is 6.23. The van der Waals surface area contributed by atoms with E-state index in [1.807, 2.05) is 0 Å². The zero-order chi connectivity index (χ0) is 12.0. The Morgan fingerprint density at radius 2 is 1.69 bits per heavy atom. The smallest absolute Gasteiger partial charge is 0.123 e. The number of rotatable bonds is 6. The summed E-state index contributed by atoms with van der Waals surface area (Å²) in [4.78, 5) is 0. The van der Waals surface area contributed by atoms with Crippen LogP contribution in [0.3, 0.4) is 0 Å². The summed E-state index contributed by atoms with van der Waals surface area (Å²) in [6.07, 6.45) is 4.14. The number of hydrogen-bond acceptors (Lipinski definition) is 1. The van der Waals surface area contributed by atoms with Crippen molar-refractivity contribution in [1.82, 2.24) is 0 Å². The maximum atomic E-state index is 12.8. The molecule has 0 bridgehead atoms. The predicted molar refractivity (Wildman–Crippen MR) is 64.8 cm³/mol. The Kier molecular flexibility index (Phi) is 4.93. The van der Waals surface area contributed by atoms with E-state index in [1.54, 1.807) is 24.3 Å². The number of hydrogen-bond donors (Lipinski definition) is 1. The minimum atomic E-state index is -0.499. The molecule has 1 nitrogen and oxygen atoms in total. The number of aliphatic hydroxyl groups is 1. The van der Waals surface area contributed by atoms with Gasteiger partial charge >= 0.3 is 0 Å². The molecule has 0 fully saturated rings. The minimum absolute atomic E-state index is 0.0453. The third kappa shape index (κ3) is 3.31. The molecule has 0 aliphatic carbocycles. The van der Waals surface area contributed by atoms with Crippen LogP contribution in [0.1, 0.15) is 24.3 Å². The maximum Gasteiger partial charge on any atom is 0.123 e. The van der Waals surface area contributed by atoms with Crippen molar-refractivity contribution in [2.24, 2.45) is 0 Å². The molecule has 0 heterocycles. The summed E-state index contributed by atoms with van der Waals surface area (Å²) in [7, 11) is 0. The second-order valence-corrected chi connectivity index (χ2v) is 3.77. The molecular weight excluding hydrogens is 203 g/mol. The molecule has 0 aromatic heterocycles. The van der Waals surface area contributed by atoms with Crippen LogP contribution in [0.4, 0.5) is 4.39 Å². The normalized spacial score (nSPS) is 14.1. The van der Waals surface area contributed by atoms with Gasteiger partial charge in [-0.25, -0.2) is 4.39 Å². The molecule has 0 saturated carbocycles.